The summed E-state index contributed by atoms with van der Waals surface area (Å²) >= 11 is 1.90. The molecule has 0 unspecified atom stereocenters. The van der Waals surface area contributed by atoms with Crippen LogP contribution in [0.1, 0.15) is 142 Å². The molecule has 3 amide bonds. The molecule has 3 aliphatic heterocycles. The first kappa shape index (κ1) is 41.6. The predicted octanol–water partition coefficient (Wildman–Crippen LogP) is 8.13. The Kier molecular flexibility index (Phi) is 12.0. The van der Waals surface area contributed by atoms with Crippen molar-refractivity contribution in [2.24, 2.45) is 9.98 Å². The van der Waals surface area contributed by atoms with E-state index in [0.717, 1.165) is 47.3 Å². The number of carbonyl (C=O) groups excluding carboxylic acids is 2. The van der Waals surface area contributed by atoms with Crippen LogP contribution >= 0.6 is 11.8 Å². The molecule has 4 N–H and O–H groups in total. The second-order valence-electron chi connectivity index (χ2n) is 19.8. The van der Waals surface area contributed by atoms with Crippen LogP contribution in [-0.2, 0) is 26.5 Å². The van der Waals surface area contributed by atoms with Gasteiger partial charge in [0.2, 0.25) is 5.91 Å². The smallest absolute Gasteiger partial charge is 0.315 e. The number of benzene rings is 2. The molecule has 54 heavy (non-hydrogen) atoms. The first-order valence-corrected chi connectivity index (χ1v) is 20.8. The Morgan fingerprint density at radius 2 is 1.24 bits per heavy atom. The Balaban J connectivity index is 1.40. The molecule has 9 nitrogen and oxygen atoms in total. The maximum Gasteiger partial charge on any atom is 0.315 e. The van der Waals surface area contributed by atoms with E-state index in [1.807, 2.05) is 28.8 Å². The zero-order valence-electron chi connectivity index (χ0n) is 34.8. The van der Waals surface area contributed by atoms with Gasteiger partial charge in [0.15, 0.2) is 0 Å². The molecule has 2 aromatic rings. The number of likely N-dealkylation sites (tertiary alicyclic amines) is 1. The SMILES string of the molecule is CC(C)(C)c1cc(C=N[C@H]2CN(C(=O)CCCC[C@@H]3SC[C@@H]4NC(=O)N[C@@H]43)C[C@H]2N=Cc2cc(C(C)(C)C)cc(C(C)(C)C)c2O)c(O)c(C(C)(C)C)c1. The van der Waals surface area contributed by atoms with Gasteiger partial charge in [0.1, 0.15) is 11.5 Å². The molecule has 0 bridgehead atoms. The van der Waals surface area contributed by atoms with Crippen LogP contribution in [0.25, 0.3) is 0 Å². The minimum atomic E-state index is -0.332. The van der Waals surface area contributed by atoms with E-state index in [0.29, 0.717) is 35.9 Å². The molecule has 3 aliphatic rings. The third kappa shape index (κ3) is 9.64. The van der Waals surface area contributed by atoms with Crippen molar-refractivity contribution >= 4 is 36.1 Å². The van der Waals surface area contributed by atoms with Gasteiger partial charge in [-0.2, -0.15) is 11.8 Å². The van der Waals surface area contributed by atoms with Gasteiger partial charge in [0.25, 0.3) is 0 Å². The highest BCUT2D eigenvalue weighted by molar-refractivity contribution is 8.00. The van der Waals surface area contributed by atoms with Crippen LogP contribution in [0, 0.1) is 0 Å². The number of hydrogen-bond acceptors (Lipinski definition) is 7. The number of unbranched alkanes of at least 4 members (excludes halogenated alkanes) is 1. The largest absolute Gasteiger partial charge is 0.507 e. The van der Waals surface area contributed by atoms with E-state index < -0.39 is 0 Å². The van der Waals surface area contributed by atoms with Gasteiger partial charge in [0.05, 0.1) is 24.2 Å². The summed E-state index contributed by atoms with van der Waals surface area (Å²) in [7, 11) is 0. The molecular weight excluding hydrogens is 695 g/mol. The number of phenolic OH excluding ortho intramolecular Hbond substituents is 2. The summed E-state index contributed by atoms with van der Waals surface area (Å²) in [6, 6.07) is 7.87. The summed E-state index contributed by atoms with van der Waals surface area (Å²) in [6.45, 7) is 26.4. The number of rotatable bonds is 9. The lowest BCUT2D eigenvalue weighted by molar-refractivity contribution is -0.130. The predicted molar refractivity (Wildman–Crippen MR) is 224 cm³/mol. The van der Waals surface area contributed by atoms with Gasteiger partial charge in [-0.25, -0.2) is 4.79 Å². The van der Waals surface area contributed by atoms with Crippen molar-refractivity contribution in [2.45, 2.75) is 160 Å². The molecule has 5 rings (SSSR count). The lowest BCUT2D eigenvalue weighted by Crippen LogP contribution is -2.36. The van der Waals surface area contributed by atoms with E-state index >= 15 is 0 Å². The van der Waals surface area contributed by atoms with Gasteiger partial charge in [-0.3, -0.25) is 14.8 Å². The van der Waals surface area contributed by atoms with Gasteiger partial charge in [0, 0.05) is 65.2 Å². The summed E-state index contributed by atoms with van der Waals surface area (Å²) < 4.78 is 0. The number of nitrogens with one attached hydrogen (secondary N) is 2. The summed E-state index contributed by atoms with van der Waals surface area (Å²) in [5.41, 5.74) is 4.49. The van der Waals surface area contributed by atoms with Gasteiger partial charge in [-0.05, 0) is 57.8 Å². The van der Waals surface area contributed by atoms with Crippen molar-refractivity contribution in [2.75, 3.05) is 18.8 Å². The van der Waals surface area contributed by atoms with E-state index in [4.69, 9.17) is 9.98 Å². The topological polar surface area (TPSA) is 127 Å². The second-order valence-corrected chi connectivity index (χ2v) is 21.1. The fourth-order valence-corrected chi connectivity index (χ4v) is 9.10. The lowest BCUT2D eigenvalue weighted by Gasteiger charge is -2.27. The zero-order chi connectivity index (χ0) is 40.0. The standard InChI is InChI=1S/C44H65N5O4S/c1-41(2,3)28-17-26(38(51)30(19-28)43(7,8)9)21-45-32-23-49(36(50)16-14-13-15-35-37-34(25-54-35)47-40(53)48-37)24-33(32)46-22-27-18-29(42(4,5)6)20-31(39(27)52)44(10,11)12/h17-22,32-35,37,51-52H,13-16,23-25H2,1-12H3,(H2,47,48,53)/t32-,33+,34-,35-,37-/m0/s1. The second kappa shape index (κ2) is 15.5. The number of hydrogen-bond donors (Lipinski definition) is 4. The Hall–Kier alpha value is -3.53. The minimum absolute atomic E-state index is 0.0764. The fraction of sp³-hybridized carbons (Fsp3) is 0.636. The highest BCUT2D eigenvalue weighted by atomic mass is 32.2. The fourth-order valence-electron chi connectivity index (χ4n) is 7.56. The third-order valence-corrected chi connectivity index (χ3v) is 12.6. The van der Waals surface area contributed by atoms with Crippen molar-refractivity contribution < 1.29 is 19.8 Å². The number of amides is 3. The normalized spacial score (nSPS) is 23.7. The Morgan fingerprint density at radius 1 is 0.759 bits per heavy atom. The molecule has 3 saturated heterocycles. The minimum Gasteiger partial charge on any atom is -0.507 e. The number of urea groups is 1. The van der Waals surface area contributed by atoms with Crippen LogP contribution in [0.5, 0.6) is 11.5 Å². The molecule has 0 aromatic heterocycles. The first-order chi connectivity index (χ1) is 24.9. The molecule has 0 radical (unpaired) electrons. The molecule has 296 valence electrons. The van der Waals surface area contributed by atoms with Crippen molar-refractivity contribution in [1.82, 2.24) is 15.5 Å². The van der Waals surface area contributed by atoms with Crippen LogP contribution in [-0.4, -0.2) is 87.7 Å². The Labute approximate surface area is 328 Å². The van der Waals surface area contributed by atoms with E-state index in [-0.39, 0.29) is 69.3 Å². The molecule has 0 spiro atoms. The number of phenols is 2. The quantitative estimate of drug-likeness (QED) is 0.117. The lowest BCUT2D eigenvalue weighted by atomic mass is 9.79. The average Bonchev–Trinajstić information content (AvgIpc) is 3.74. The molecular formula is C44H65N5O4S. The van der Waals surface area contributed by atoms with Crippen LogP contribution in [0.4, 0.5) is 4.79 Å². The molecule has 5 atom stereocenters. The molecule has 10 heteroatoms. The van der Waals surface area contributed by atoms with Crippen molar-refractivity contribution in [1.29, 1.82) is 0 Å². The summed E-state index contributed by atoms with van der Waals surface area (Å²) in [4.78, 5) is 37.5. The van der Waals surface area contributed by atoms with Crippen LogP contribution < -0.4 is 10.6 Å². The maximum atomic E-state index is 13.7. The summed E-state index contributed by atoms with van der Waals surface area (Å²) in [6.07, 6.45) is 6.62. The highest BCUT2D eigenvalue weighted by Crippen LogP contribution is 2.39. The molecule has 3 heterocycles. The summed E-state index contributed by atoms with van der Waals surface area (Å²) in [5.74, 6) is 1.46. The van der Waals surface area contributed by atoms with Crippen LogP contribution in [0.15, 0.2) is 34.3 Å². The Bertz CT molecular complexity index is 1680. The third-order valence-electron chi connectivity index (χ3n) is 11.1. The number of fused-ring (bicyclic) bond motifs is 1. The van der Waals surface area contributed by atoms with E-state index in [9.17, 15) is 19.8 Å². The number of carbonyl (C=O) groups is 2. The van der Waals surface area contributed by atoms with E-state index in [1.165, 1.54) is 0 Å². The first-order valence-electron chi connectivity index (χ1n) is 19.7. The summed E-state index contributed by atoms with van der Waals surface area (Å²) in [5, 5.41) is 29.4. The molecule has 2 aromatic carbocycles. The average molecular weight is 760 g/mol. The van der Waals surface area contributed by atoms with Gasteiger partial charge < -0.3 is 25.7 Å². The van der Waals surface area contributed by atoms with Crippen molar-refractivity contribution in [3.8, 4) is 11.5 Å². The van der Waals surface area contributed by atoms with Gasteiger partial charge in [-0.1, -0.05) is 102 Å². The maximum absolute atomic E-state index is 13.7. The highest BCUT2D eigenvalue weighted by Gasteiger charge is 2.42. The van der Waals surface area contributed by atoms with E-state index in [1.54, 1.807) is 12.4 Å². The van der Waals surface area contributed by atoms with Crippen LogP contribution in [0.3, 0.4) is 0 Å². The Morgan fingerprint density at radius 3 is 1.69 bits per heavy atom. The van der Waals surface area contributed by atoms with Crippen molar-refractivity contribution in [3.05, 3.63) is 57.6 Å². The van der Waals surface area contributed by atoms with Crippen LogP contribution in [0.2, 0.25) is 0 Å². The molecule has 3 fully saturated rings. The number of thioether (sulfide) groups is 1. The molecule has 0 saturated carbocycles. The number of aromatic hydroxyl groups is 2. The zero-order valence-corrected chi connectivity index (χ0v) is 35.6. The number of nitrogens with zero attached hydrogens (tertiary/aromatic N) is 3. The van der Waals surface area contributed by atoms with Gasteiger partial charge >= 0.3 is 6.03 Å². The van der Waals surface area contributed by atoms with Crippen molar-refractivity contribution in [3.63, 3.8) is 0 Å². The number of aliphatic imine (C=N–C) groups is 2. The van der Waals surface area contributed by atoms with E-state index in [2.05, 4.69) is 106 Å². The monoisotopic (exact) mass is 759 g/mol. The molecule has 0 aliphatic carbocycles. The van der Waals surface area contributed by atoms with Gasteiger partial charge in [-0.15, -0.1) is 0 Å².